The van der Waals surface area contributed by atoms with Crippen LogP contribution in [0.5, 0.6) is 0 Å². The highest BCUT2D eigenvalue weighted by atomic mass is 28.4. The molecular weight excluding hydrogens is 384 g/mol. The van der Waals surface area contributed by atoms with Crippen molar-refractivity contribution in [2.24, 2.45) is 11.8 Å². The van der Waals surface area contributed by atoms with Crippen LogP contribution >= 0.6 is 0 Å². The van der Waals surface area contributed by atoms with Gasteiger partial charge in [-0.05, 0) is 40.6 Å². The van der Waals surface area contributed by atoms with Crippen molar-refractivity contribution in [3.8, 4) is 0 Å². The predicted octanol–water partition coefficient (Wildman–Crippen LogP) is 5.51. The van der Waals surface area contributed by atoms with Crippen molar-refractivity contribution in [3.05, 3.63) is 72.8 Å². The first kappa shape index (κ1) is 22.7. The third kappa shape index (κ3) is 4.52. The molecule has 0 unspecified atom stereocenters. The minimum absolute atomic E-state index is 0.000892. The van der Waals surface area contributed by atoms with Gasteiger partial charge < -0.3 is 4.43 Å². The van der Waals surface area contributed by atoms with E-state index in [0.29, 0.717) is 24.7 Å². The van der Waals surface area contributed by atoms with Crippen molar-refractivity contribution >= 4 is 24.5 Å². The number of carbonyl (C=O) groups excluding carboxylic acids is 1. The van der Waals surface area contributed by atoms with E-state index in [0.717, 1.165) is 19.3 Å². The minimum Gasteiger partial charge on any atom is -0.407 e. The Labute approximate surface area is 183 Å². The maximum Gasteiger partial charge on any atom is 0.261 e. The number of benzene rings is 2. The fourth-order valence-electron chi connectivity index (χ4n) is 5.03. The quantitative estimate of drug-likeness (QED) is 0.319. The third-order valence-corrected chi connectivity index (χ3v) is 11.8. The molecule has 0 bridgehead atoms. The molecule has 0 heterocycles. The van der Waals surface area contributed by atoms with E-state index >= 15 is 0 Å². The Hall–Kier alpha value is -1.97. The Kier molecular flexibility index (Phi) is 7.15. The predicted molar refractivity (Wildman–Crippen MR) is 129 cm³/mol. The van der Waals surface area contributed by atoms with E-state index < -0.39 is 8.32 Å². The number of carbonyl (C=O) groups is 1. The largest absolute Gasteiger partial charge is 0.407 e. The fraction of sp³-hybridized carbons (Fsp3) is 0.444. The van der Waals surface area contributed by atoms with Crippen molar-refractivity contribution in [1.29, 1.82) is 0 Å². The lowest BCUT2D eigenvalue weighted by molar-refractivity contribution is -0.120. The molecule has 3 rings (SSSR count). The topological polar surface area (TPSA) is 26.3 Å². The number of hydrogen-bond donors (Lipinski definition) is 0. The van der Waals surface area contributed by atoms with Crippen molar-refractivity contribution < 1.29 is 9.22 Å². The van der Waals surface area contributed by atoms with Crippen LogP contribution in [0.15, 0.2) is 72.8 Å². The maximum absolute atomic E-state index is 11.9. The van der Waals surface area contributed by atoms with E-state index in [-0.39, 0.29) is 11.0 Å². The lowest BCUT2D eigenvalue weighted by atomic mass is 9.88. The van der Waals surface area contributed by atoms with Crippen molar-refractivity contribution in [1.82, 2.24) is 0 Å². The molecule has 3 heteroatoms. The van der Waals surface area contributed by atoms with Gasteiger partial charge in [0.15, 0.2) is 0 Å². The van der Waals surface area contributed by atoms with Crippen molar-refractivity contribution in [2.45, 2.75) is 58.4 Å². The lowest BCUT2D eigenvalue weighted by Gasteiger charge is -2.43. The zero-order chi connectivity index (χ0) is 21.8. The second kappa shape index (κ2) is 9.45. The van der Waals surface area contributed by atoms with Gasteiger partial charge in [0.25, 0.3) is 8.32 Å². The average Bonchev–Trinajstić information content (AvgIpc) is 3.07. The number of ketones is 1. The zero-order valence-electron chi connectivity index (χ0n) is 19.0. The summed E-state index contributed by atoms with van der Waals surface area (Å²) in [4.78, 5) is 11.9. The van der Waals surface area contributed by atoms with Crippen molar-refractivity contribution in [2.75, 3.05) is 6.61 Å². The van der Waals surface area contributed by atoms with E-state index in [9.17, 15) is 4.79 Å². The normalized spacial score (nSPS) is 19.8. The van der Waals surface area contributed by atoms with Crippen LogP contribution in [0, 0.1) is 11.8 Å². The summed E-state index contributed by atoms with van der Waals surface area (Å²) in [5.74, 6) is 0.880. The van der Waals surface area contributed by atoms with Gasteiger partial charge in [0.05, 0.1) is 0 Å². The molecule has 0 spiro atoms. The van der Waals surface area contributed by atoms with Gasteiger partial charge in [0, 0.05) is 18.9 Å². The lowest BCUT2D eigenvalue weighted by Crippen LogP contribution is -2.66. The second-order valence-electron chi connectivity index (χ2n) is 9.67. The molecule has 1 fully saturated rings. The van der Waals surface area contributed by atoms with Crippen LogP contribution in [0.1, 0.15) is 53.4 Å². The van der Waals surface area contributed by atoms with Crippen LogP contribution in [0.2, 0.25) is 5.04 Å². The SMILES string of the molecule is C=C(CCCO[Si](c1ccccc1)(c1ccccc1)C(C)(C)C)[C@@H]1CCC(=O)[C@H]1C. The first-order valence-corrected chi connectivity index (χ1v) is 13.1. The summed E-state index contributed by atoms with van der Waals surface area (Å²) < 4.78 is 6.96. The van der Waals surface area contributed by atoms with E-state index in [1.807, 2.05) is 0 Å². The minimum atomic E-state index is -2.46. The zero-order valence-corrected chi connectivity index (χ0v) is 20.0. The molecule has 0 saturated heterocycles. The molecule has 0 aliphatic heterocycles. The summed E-state index contributed by atoms with van der Waals surface area (Å²) in [7, 11) is -2.46. The molecule has 2 aromatic rings. The first-order chi connectivity index (χ1) is 14.3. The molecule has 1 aliphatic carbocycles. The second-order valence-corrected chi connectivity index (χ2v) is 14.0. The Morgan fingerprint density at radius 3 is 2.00 bits per heavy atom. The molecule has 2 nitrogen and oxygen atoms in total. The van der Waals surface area contributed by atoms with E-state index in [4.69, 9.17) is 4.43 Å². The third-order valence-electron chi connectivity index (χ3n) is 6.72. The highest BCUT2D eigenvalue weighted by Crippen LogP contribution is 2.38. The molecular formula is C27H36O2Si. The van der Waals surface area contributed by atoms with Gasteiger partial charge in [0.2, 0.25) is 0 Å². The summed E-state index contributed by atoms with van der Waals surface area (Å²) in [5, 5.41) is 2.63. The summed E-state index contributed by atoms with van der Waals surface area (Å²) in [5.41, 5.74) is 1.22. The molecule has 0 N–H and O–H groups in total. The molecule has 2 atom stereocenters. The smallest absolute Gasteiger partial charge is 0.261 e. The molecule has 1 aliphatic rings. The van der Waals surface area contributed by atoms with E-state index in [2.05, 4.69) is 94.9 Å². The first-order valence-electron chi connectivity index (χ1n) is 11.2. The van der Waals surface area contributed by atoms with Crippen LogP contribution in [0.3, 0.4) is 0 Å². The fourth-order valence-corrected chi connectivity index (χ4v) is 9.63. The van der Waals surface area contributed by atoms with Gasteiger partial charge in [-0.1, -0.05) is 101 Å². The van der Waals surface area contributed by atoms with Gasteiger partial charge in [-0.25, -0.2) is 0 Å². The van der Waals surface area contributed by atoms with Gasteiger partial charge >= 0.3 is 0 Å². The van der Waals surface area contributed by atoms with Gasteiger partial charge in [-0.15, -0.1) is 0 Å². The average molecular weight is 421 g/mol. The highest BCUT2D eigenvalue weighted by Gasteiger charge is 2.50. The molecule has 0 aromatic heterocycles. The number of Topliss-reactive ketones (excluding diaryl/α,β-unsaturated/α-hetero) is 1. The molecule has 0 amide bonds. The number of rotatable bonds is 8. The van der Waals surface area contributed by atoms with Crippen LogP contribution in [-0.2, 0) is 9.22 Å². The standard InChI is InChI=1S/C27H36O2Si/c1-21(25-18-19-26(28)22(25)2)13-12-20-29-30(27(3,4)5,23-14-8-6-9-15-23)24-16-10-7-11-17-24/h6-11,14-17,22,25H,1,12-13,18-20H2,2-5H3/t22-,25-/m0/s1. The summed E-state index contributed by atoms with van der Waals surface area (Å²) >= 11 is 0. The van der Waals surface area contributed by atoms with Gasteiger partial charge in [-0.3, -0.25) is 4.79 Å². The van der Waals surface area contributed by atoms with Crippen LogP contribution in [0.25, 0.3) is 0 Å². The summed E-state index contributed by atoms with van der Waals surface area (Å²) in [6.07, 6.45) is 3.55. The Balaban J connectivity index is 1.78. The molecule has 160 valence electrons. The van der Waals surface area contributed by atoms with Crippen LogP contribution in [0.4, 0.5) is 0 Å². The number of hydrogen-bond acceptors (Lipinski definition) is 2. The Bertz CT molecular complexity index is 812. The molecule has 1 saturated carbocycles. The molecule has 0 radical (unpaired) electrons. The molecule has 30 heavy (non-hydrogen) atoms. The Morgan fingerprint density at radius 2 is 1.57 bits per heavy atom. The van der Waals surface area contributed by atoms with Gasteiger partial charge in [0.1, 0.15) is 5.78 Å². The highest BCUT2D eigenvalue weighted by molar-refractivity contribution is 6.99. The number of allylic oxidation sites excluding steroid dienone is 1. The van der Waals surface area contributed by atoms with Crippen LogP contribution < -0.4 is 10.4 Å². The summed E-state index contributed by atoms with van der Waals surface area (Å²) in [6.45, 7) is 14.0. The van der Waals surface area contributed by atoms with Gasteiger partial charge in [-0.2, -0.15) is 0 Å². The maximum atomic E-state index is 11.9. The van der Waals surface area contributed by atoms with E-state index in [1.165, 1.54) is 15.9 Å². The monoisotopic (exact) mass is 420 g/mol. The van der Waals surface area contributed by atoms with Crippen molar-refractivity contribution in [3.63, 3.8) is 0 Å². The molecule has 2 aromatic carbocycles. The summed E-state index contributed by atoms with van der Waals surface area (Å²) in [6, 6.07) is 21.6. The van der Waals surface area contributed by atoms with E-state index in [1.54, 1.807) is 0 Å². The Morgan fingerprint density at radius 1 is 1.03 bits per heavy atom. The van der Waals surface area contributed by atoms with Crippen LogP contribution in [-0.4, -0.2) is 20.7 Å².